The lowest BCUT2D eigenvalue weighted by molar-refractivity contribution is -0.117. The van der Waals surface area contributed by atoms with E-state index in [0.717, 1.165) is 23.2 Å². The first kappa shape index (κ1) is 23.3. The molecule has 0 saturated carbocycles. The second-order valence-electron chi connectivity index (χ2n) is 8.85. The topological polar surface area (TPSA) is 58.2 Å². The molecule has 0 aliphatic heterocycles. The molecule has 0 aliphatic carbocycles. The highest BCUT2D eigenvalue weighted by molar-refractivity contribution is 6.10. The zero-order valence-corrected chi connectivity index (χ0v) is 19.5. The summed E-state index contributed by atoms with van der Waals surface area (Å²) in [5.41, 5.74) is 6.16. The van der Waals surface area contributed by atoms with Crippen LogP contribution < -0.4 is 10.6 Å². The normalized spacial score (nSPS) is 11.8. The third kappa shape index (κ3) is 5.85. The van der Waals surface area contributed by atoms with Gasteiger partial charge in [-0.1, -0.05) is 56.3 Å². The zero-order valence-electron chi connectivity index (χ0n) is 19.5. The Morgan fingerprint density at radius 1 is 0.812 bits per heavy atom. The summed E-state index contributed by atoms with van der Waals surface area (Å²) < 4.78 is 0. The number of hydrogen-bond donors (Lipinski definition) is 2. The number of para-hydroxylation sites is 1. The Labute approximate surface area is 191 Å². The van der Waals surface area contributed by atoms with Crippen LogP contribution in [-0.2, 0) is 11.2 Å². The van der Waals surface area contributed by atoms with Crippen molar-refractivity contribution in [3.8, 4) is 0 Å². The van der Waals surface area contributed by atoms with Gasteiger partial charge >= 0.3 is 0 Å². The van der Waals surface area contributed by atoms with E-state index in [1.165, 1.54) is 11.1 Å². The summed E-state index contributed by atoms with van der Waals surface area (Å²) in [7, 11) is 0. The monoisotopic (exact) mass is 428 g/mol. The van der Waals surface area contributed by atoms with Gasteiger partial charge in [0.25, 0.3) is 5.91 Å². The molecule has 2 amide bonds. The molecule has 0 bridgehead atoms. The lowest BCUT2D eigenvalue weighted by atomic mass is 9.96. The minimum absolute atomic E-state index is 0.145. The highest BCUT2D eigenvalue weighted by atomic mass is 16.2. The fourth-order valence-corrected chi connectivity index (χ4v) is 3.61. The molecule has 1 unspecified atom stereocenters. The van der Waals surface area contributed by atoms with Crippen LogP contribution in [0.5, 0.6) is 0 Å². The van der Waals surface area contributed by atoms with Gasteiger partial charge < -0.3 is 10.6 Å². The third-order valence-corrected chi connectivity index (χ3v) is 5.71. The number of aryl methyl sites for hydroxylation is 2. The molecule has 32 heavy (non-hydrogen) atoms. The maximum Gasteiger partial charge on any atom is 0.257 e. The van der Waals surface area contributed by atoms with Crippen molar-refractivity contribution < 1.29 is 9.59 Å². The third-order valence-electron chi connectivity index (χ3n) is 5.71. The molecule has 3 aromatic carbocycles. The Hall–Kier alpha value is -3.40. The maximum absolute atomic E-state index is 12.9. The van der Waals surface area contributed by atoms with Crippen molar-refractivity contribution >= 4 is 23.2 Å². The quantitative estimate of drug-likeness (QED) is 0.451. The number of carbonyl (C=O) groups is 2. The first-order valence-electron chi connectivity index (χ1n) is 11.1. The molecular weight excluding hydrogens is 396 g/mol. The van der Waals surface area contributed by atoms with Gasteiger partial charge in [-0.3, -0.25) is 9.59 Å². The van der Waals surface area contributed by atoms with Gasteiger partial charge in [-0.15, -0.1) is 0 Å². The molecule has 4 heteroatoms. The van der Waals surface area contributed by atoms with E-state index in [4.69, 9.17) is 0 Å². The van der Waals surface area contributed by atoms with Gasteiger partial charge in [-0.25, -0.2) is 0 Å². The van der Waals surface area contributed by atoms with Gasteiger partial charge in [0.2, 0.25) is 5.91 Å². The Morgan fingerprint density at radius 3 is 2.16 bits per heavy atom. The van der Waals surface area contributed by atoms with Gasteiger partial charge in [-0.2, -0.15) is 0 Å². The van der Waals surface area contributed by atoms with E-state index in [1.54, 1.807) is 18.2 Å². The van der Waals surface area contributed by atoms with E-state index in [0.29, 0.717) is 17.2 Å². The van der Waals surface area contributed by atoms with Crippen molar-refractivity contribution in [1.82, 2.24) is 0 Å². The largest absolute Gasteiger partial charge is 0.325 e. The summed E-state index contributed by atoms with van der Waals surface area (Å²) in [5, 5.41) is 5.88. The summed E-state index contributed by atoms with van der Waals surface area (Å²) in [6.45, 7) is 10.3. The van der Waals surface area contributed by atoms with Crippen molar-refractivity contribution in [2.45, 2.75) is 47.0 Å². The molecule has 4 nitrogen and oxygen atoms in total. The Bertz CT molecular complexity index is 1100. The smallest absolute Gasteiger partial charge is 0.257 e. The molecule has 166 valence electrons. The van der Waals surface area contributed by atoms with E-state index in [-0.39, 0.29) is 17.7 Å². The van der Waals surface area contributed by atoms with Gasteiger partial charge in [0.15, 0.2) is 0 Å². The van der Waals surface area contributed by atoms with Gasteiger partial charge in [-0.05, 0) is 79.6 Å². The average Bonchev–Trinajstić information content (AvgIpc) is 2.76. The molecule has 0 saturated heterocycles. The van der Waals surface area contributed by atoms with Crippen LogP contribution in [-0.4, -0.2) is 11.8 Å². The SMILES string of the molecule is Cc1ccc(NC(=O)c2ccccc2NC(=O)C(C)c2ccc(CC(C)C)cc2)cc1C. The molecule has 3 rings (SSSR count). The first-order chi connectivity index (χ1) is 15.2. The number of anilines is 2. The summed E-state index contributed by atoms with van der Waals surface area (Å²) in [6.07, 6.45) is 1.02. The van der Waals surface area contributed by atoms with Gasteiger partial charge in [0.1, 0.15) is 0 Å². The van der Waals surface area contributed by atoms with Crippen LogP contribution in [0, 0.1) is 19.8 Å². The second kappa shape index (κ2) is 10.3. The molecule has 1 atom stereocenters. The maximum atomic E-state index is 12.9. The van der Waals surface area contributed by atoms with Crippen molar-refractivity contribution in [3.63, 3.8) is 0 Å². The predicted octanol–water partition coefficient (Wildman–Crippen LogP) is 6.50. The Balaban J connectivity index is 1.72. The van der Waals surface area contributed by atoms with Crippen LogP contribution in [0.3, 0.4) is 0 Å². The number of amides is 2. The number of rotatable bonds is 7. The van der Waals surface area contributed by atoms with E-state index in [2.05, 4.69) is 36.6 Å². The van der Waals surface area contributed by atoms with Crippen molar-refractivity contribution in [2.24, 2.45) is 5.92 Å². The van der Waals surface area contributed by atoms with E-state index >= 15 is 0 Å². The number of carbonyl (C=O) groups excluding carboxylic acids is 2. The van der Waals surface area contributed by atoms with E-state index in [9.17, 15) is 9.59 Å². The Kier molecular flexibility index (Phi) is 7.47. The number of nitrogens with one attached hydrogen (secondary N) is 2. The van der Waals surface area contributed by atoms with E-state index in [1.807, 2.05) is 57.2 Å². The summed E-state index contributed by atoms with van der Waals surface area (Å²) in [5.74, 6) is -0.144. The van der Waals surface area contributed by atoms with Crippen LogP contribution in [0.2, 0.25) is 0 Å². The summed E-state index contributed by atoms with van der Waals surface area (Å²) in [6, 6.07) is 21.1. The summed E-state index contributed by atoms with van der Waals surface area (Å²) in [4.78, 5) is 25.9. The van der Waals surface area contributed by atoms with Crippen LogP contribution >= 0.6 is 0 Å². The second-order valence-corrected chi connectivity index (χ2v) is 8.85. The van der Waals surface area contributed by atoms with Gasteiger partial charge in [0.05, 0.1) is 17.2 Å². The predicted molar refractivity (Wildman–Crippen MR) is 132 cm³/mol. The minimum Gasteiger partial charge on any atom is -0.325 e. The van der Waals surface area contributed by atoms with Crippen molar-refractivity contribution in [1.29, 1.82) is 0 Å². The fourth-order valence-electron chi connectivity index (χ4n) is 3.61. The summed E-state index contributed by atoms with van der Waals surface area (Å²) >= 11 is 0. The molecular formula is C28H32N2O2. The molecule has 0 heterocycles. The lowest BCUT2D eigenvalue weighted by Crippen LogP contribution is -2.22. The highest BCUT2D eigenvalue weighted by Gasteiger charge is 2.19. The van der Waals surface area contributed by atoms with Crippen molar-refractivity contribution in [2.75, 3.05) is 10.6 Å². The molecule has 0 fully saturated rings. The standard InChI is InChI=1S/C28H32N2O2/c1-18(2)16-22-11-13-23(14-12-22)21(5)27(31)30-26-9-7-6-8-25(26)28(32)29-24-15-10-19(3)20(4)17-24/h6-15,17-18,21H,16H2,1-5H3,(H,29,32)(H,30,31). The average molecular weight is 429 g/mol. The van der Waals surface area contributed by atoms with Gasteiger partial charge in [0, 0.05) is 5.69 Å². The Morgan fingerprint density at radius 2 is 1.50 bits per heavy atom. The molecule has 0 aliphatic rings. The molecule has 2 N–H and O–H groups in total. The molecule has 0 aromatic heterocycles. The highest BCUT2D eigenvalue weighted by Crippen LogP contribution is 2.23. The molecule has 3 aromatic rings. The van der Waals surface area contributed by atoms with Crippen LogP contribution in [0.25, 0.3) is 0 Å². The first-order valence-corrected chi connectivity index (χ1v) is 11.1. The van der Waals surface area contributed by atoms with E-state index < -0.39 is 0 Å². The number of benzene rings is 3. The lowest BCUT2D eigenvalue weighted by Gasteiger charge is -2.16. The molecule has 0 spiro atoms. The fraction of sp³-hybridized carbons (Fsp3) is 0.286. The molecule has 0 radical (unpaired) electrons. The number of hydrogen-bond acceptors (Lipinski definition) is 2. The minimum atomic E-state index is -0.334. The van der Waals surface area contributed by atoms with Crippen LogP contribution in [0.1, 0.15) is 59.3 Å². The van der Waals surface area contributed by atoms with Crippen LogP contribution in [0.4, 0.5) is 11.4 Å². The van der Waals surface area contributed by atoms with Crippen LogP contribution in [0.15, 0.2) is 66.7 Å². The zero-order chi connectivity index (χ0) is 23.3. The van der Waals surface area contributed by atoms with Crippen molar-refractivity contribution in [3.05, 3.63) is 94.5 Å².